The summed E-state index contributed by atoms with van der Waals surface area (Å²) < 4.78 is 1.65. The maximum Gasteiger partial charge on any atom is 0.276 e. The second-order valence-electron chi connectivity index (χ2n) is 4.97. The molecule has 1 aromatic heterocycles. The van der Waals surface area contributed by atoms with Gasteiger partial charge in [-0.25, -0.2) is 0 Å². The number of aromatic nitrogens is 2. The van der Waals surface area contributed by atoms with Gasteiger partial charge in [-0.1, -0.05) is 0 Å². The lowest BCUT2D eigenvalue weighted by Gasteiger charge is -2.30. The molecular formula is C13H21N5O2. The van der Waals surface area contributed by atoms with Crippen molar-refractivity contribution in [2.75, 3.05) is 25.9 Å². The van der Waals surface area contributed by atoms with Gasteiger partial charge in [-0.2, -0.15) is 5.10 Å². The third-order valence-corrected chi connectivity index (χ3v) is 3.72. The number of hydrogen-bond acceptors (Lipinski definition) is 4. The maximum atomic E-state index is 12.4. The van der Waals surface area contributed by atoms with Crippen molar-refractivity contribution in [1.29, 1.82) is 0 Å². The molecular weight excluding hydrogens is 258 g/mol. The minimum absolute atomic E-state index is 0.00500. The van der Waals surface area contributed by atoms with E-state index < -0.39 is 0 Å². The number of nitrogens with zero attached hydrogens (tertiary/aromatic N) is 3. The van der Waals surface area contributed by atoms with Crippen LogP contribution >= 0.6 is 0 Å². The van der Waals surface area contributed by atoms with E-state index in [1.807, 2.05) is 6.92 Å². The Labute approximate surface area is 118 Å². The van der Waals surface area contributed by atoms with Crippen molar-refractivity contribution < 1.29 is 9.59 Å². The van der Waals surface area contributed by atoms with E-state index in [1.54, 1.807) is 22.8 Å². The molecule has 7 heteroatoms. The number of rotatable bonds is 3. The van der Waals surface area contributed by atoms with Crippen LogP contribution in [-0.2, 0) is 11.3 Å². The number of likely N-dealkylation sites (tertiary alicyclic amines) is 1. The molecule has 0 aromatic carbocycles. The number of nitrogen functional groups attached to an aromatic ring is 1. The van der Waals surface area contributed by atoms with Crippen LogP contribution in [0.1, 0.15) is 30.3 Å². The molecule has 1 aliphatic heterocycles. The first-order valence-electron chi connectivity index (χ1n) is 6.90. The number of amides is 2. The number of anilines is 1. The molecule has 2 heterocycles. The van der Waals surface area contributed by atoms with Crippen LogP contribution in [-0.4, -0.2) is 46.6 Å². The molecule has 1 saturated heterocycles. The Hall–Kier alpha value is -2.05. The van der Waals surface area contributed by atoms with Gasteiger partial charge < -0.3 is 16.0 Å². The molecule has 1 fully saturated rings. The van der Waals surface area contributed by atoms with E-state index in [-0.39, 0.29) is 17.7 Å². The fourth-order valence-electron chi connectivity index (χ4n) is 2.46. The predicted octanol–water partition coefficient (Wildman–Crippen LogP) is 0.0834. The molecule has 0 bridgehead atoms. The smallest absolute Gasteiger partial charge is 0.276 e. The summed E-state index contributed by atoms with van der Waals surface area (Å²) in [7, 11) is 1.64. The summed E-state index contributed by atoms with van der Waals surface area (Å²) in [5.41, 5.74) is 6.54. The summed E-state index contributed by atoms with van der Waals surface area (Å²) >= 11 is 0. The summed E-state index contributed by atoms with van der Waals surface area (Å²) in [5, 5.41) is 6.85. The molecule has 1 aromatic rings. The van der Waals surface area contributed by atoms with E-state index in [0.29, 0.717) is 43.9 Å². The maximum absolute atomic E-state index is 12.4. The molecule has 0 spiro atoms. The Morgan fingerprint density at radius 2 is 2.10 bits per heavy atom. The van der Waals surface area contributed by atoms with Crippen LogP contribution in [0.4, 0.5) is 5.69 Å². The standard InChI is InChI=1S/C13H21N5O2/c1-3-18-8-10(14)11(16-18)13(20)17-6-4-9(5-7-17)12(19)15-2/h8-9H,3-7,14H2,1-2H3,(H,15,19). The van der Waals surface area contributed by atoms with Gasteiger partial charge in [-0.3, -0.25) is 14.3 Å². The Bertz CT molecular complexity index is 503. The van der Waals surface area contributed by atoms with Gasteiger partial charge in [0.05, 0.1) is 5.69 Å². The van der Waals surface area contributed by atoms with Crippen LogP contribution < -0.4 is 11.1 Å². The van der Waals surface area contributed by atoms with Crippen LogP contribution in [0.3, 0.4) is 0 Å². The van der Waals surface area contributed by atoms with Gasteiger partial charge in [0.15, 0.2) is 5.69 Å². The van der Waals surface area contributed by atoms with Crippen molar-refractivity contribution in [3.05, 3.63) is 11.9 Å². The van der Waals surface area contributed by atoms with E-state index in [2.05, 4.69) is 10.4 Å². The summed E-state index contributed by atoms with van der Waals surface area (Å²) in [4.78, 5) is 25.6. The monoisotopic (exact) mass is 279 g/mol. The van der Waals surface area contributed by atoms with Gasteiger partial charge in [-0.15, -0.1) is 0 Å². The molecule has 1 aliphatic rings. The summed E-state index contributed by atoms with van der Waals surface area (Å²) in [5.74, 6) is -0.105. The highest BCUT2D eigenvalue weighted by Crippen LogP contribution is 2.20. The molecule has 110 valence electrons. The number of carbonyl (C=O) groups is 2. The first-order chi connectivity index (χ1) is 9.56. The zero-order valence-electron chi connectivity index (χ0n) is 11.9. The number of nitrogens with two attached hydrogens (primary N) is 1. The van der Waals surface area contributed by atoms with Crippen LogP contribution in [0.5, 0.6) is 0 Å². The van der Waals surface area contributed by atoms with Gasteiger partial charge in [-0.05, 0) is 19.8 Å². The van der Waals surface area contributed by atoms with E-state index in [4.69, 9.17) is 5.73 Å². The van der Waals surface area contributed by atoms with E-state index in [0.717, 1.165) is 0 Å². The fraction of sp³-hybridized carbons (Fsp3) is 0.615. The average Bonchev–Trinajstić information content (AvgIpc) is 2.87. The molecule has 0 unspecified atom stereocenters. The van der Waals surface area contributed by atoms with Crippen LogP contribution in [0.15, 0.2) is 6.20 Å². The SMILES string of the molecule is CCn1cc(N)c(C(=O)N2CCC(C(=O)NC)CC2)n1. The molecule has 7 nitrogen and oxygen atoms in total. The number of hydrogen-bond donors (Lipinski definition) is 2. The zero-order chi connectivity index (χ0) is 14.7. The minimum atomic E-state index is -0.148. The van der Waals surface area contributed by atoms with Gasteiger partial charge in [0.1, 0.15) is 0 Å². The summed E-state index contributed by atoms with van der Waals surface area (Å²) in [6.07, 6.45) is 3.03. The van der Waals surface area contributed by atoms with Crippen molar-refractivity contribution in [2.45, 2.75) is 26.3 Å². The van der Waals surface area contributed by atoms with Gasteiger partial charge >= 0.3 is 0 Å². The first kappa shape index (κ1) is 14.4. The second-order valence-corrected chi connectivity index (χ2v) is 4.97. The normalized spacial score (nSPS) is 16.2. The summed E-state index contributed by atoms with van der Waals surface area (Å²) in [6.45, 7) is 3.75. The average molecular weight is 279 g/mol. The van der Waals surface area contributed by atoms with Crippen molar-refractivity contribution >= 4 is 17.5 Å². The molecule has 0 saturated carbocycles. The van der Waals surface area contributed by atoms with Gasteiger partial charge in [0.2, 0.25) is 5.91 Å². The molecule has 2 amide bonds. The van der Waals surface area contributed by atoms with Crippen LogP contribution in [0.2, 0.25) is 0 Å². The van der Waals surface area contributed by atoms with Gasteiger partial charge in [0.25, 0.3) is 5.91 Å². The van der Waals surface area contributed by atoms with Gasteiger partial charge in [0, 0.05) is 38.8 Å². The topological polar surface area (TPSA) is 93.2 Å². The minimum Gasteiger partial charge on any atom is -0.396 e. The number of aryl methyl sites for hydroxylation is 1. The molecule has 0 atom stereocenters. The molecule has 0 aliphatic carbocycles. The molecule has 3 N–H and O–H groups in total. The Kier molecular flexibility index (Phi) is 4.26. The Morgan fingerprint density at radius 3 is 2.60 bits per heavy atom. The lowest BCUT2D eigenvalue weighted by Crippen LogP contribution is -2.42. The number of carbonyl (C=O) groups excluding carboxylic acids is 2. The predicted molar refractivity (Wildman–Crippen MR) is 75.0 cm³/mol. The molecule has 20 heavy (non-hydrogen) atoms. The Morgan fingerprint density at radius 1 is 1.45 bits per heavy atom. The largest absolute Gasteiger partial charge is 0.396 e. The van der Waals surface area contributed by atoms with E-state index >= 15 is 0 Å². The van der Waals surface area contributed by atoms with Crippen molar-refractivity contribution in [2.24, 2.45) is 5.92 Å². The third-order valence-electron chi connectivity index (χ3n) is 3.72. The lowest BCUT2D eigenvalue weighted by atomic mass is 9.96. The highest BCUT2D eigenvalue weighted by Gasteiger charge is 2.29. The van der Waals surface area contributed by atoms with Crippen molar-refractivity contribution in [1.82, 2.24) is 20.0 Å². The number of piperidine rings is 1. The lowest BCUT2D eigenvalue weighted by molar-refractivity contribution is -0.125. The highest BCUT2D eigenvalue weighted by molar-refractivity contribution is 5.97. The third kappa shape index (κ3) is 2.76. The van der Waals surface area contributed by atoms with Crippen LogP contribution in [0, 0.1) is 5.92 Å². The number of nitrogens with one attached hydrogen (secondary N) is 1. The van der Waals surface area contributed by atoms with Crippen molar-refractivity contribution in [3.8, 4) is 0 Å². The second kappa shape index (κ2) is 5.94. The van der Waals surface area contributed by atoms with E-state index in [1.165, 1.54) is 0 Å². The highest BCUT2D eigenvalue weighted by atomic mass is 16.2. The quantitative estimate of drug-likeness (QED) is 0.819. The molecule has 2 rings (SSSR count). The van der Waals surface area contributed by atoms with E-state index in [9.17, 15) is 9.59 Å². The molecule has 0 radical (unpaired) electrons. The summed E-state index contributed by atoms with van der Waals surface area (Å²) in [6, 6.07) is 0. The Balaban J connectivity index is 2.01. The first-order valence-corrected chi connectivity index (χ1v) is 6.90. The fourth-order valence-corrected chi connectivity index (χ4v) is 2.46. The zero-order valence-corrected chi connectivity index (χ0v) is 11.9. The van der Waals surface area contributed by atoms with Crippen LogP contribution in [0.25, 0.3) is 0 Å². The van der Waals surface area contributed by atoms with Crippen molar-refractivity contribution in [3.63, 3.8) is 0 Å².